The van der Waals surface area contributed by atoms with Gasteiger partial charge < -0.3 is 25.4 Å². The standard InChI is InChI=1S/C23H23ClF3N5O4/c1-31(2)17-6-4-5-14(20(17)36-22(34)23(25,26)27)21(33)30-13-7-8-18(35-10-9-28)15(11-13)19-16(24)12-29-32(19)3/h4-8,11-12H,9-10,28H2,1-3H3,(H,30,33). The van der Waals surface area contributed by atoms with Crippen molar-refractivity contribution in [2.24, 2.45) is 12.8 Å². The second-order valence-electron chi connectivity index (χ2n) is 7.70. The minimum atomic E-state index is -5.25. The Balaban J connectivity index is 2.01. The van der Waals surface area contributed by atoms with Crippen molar-refractivity contribution < 1.29 is 32.2 Å². The van der Waals surface area contributed by atoms with Crippen molar-refractivity contribution >= 4 is 34.9 Å². The molecule has 0 aliphatic carbocycles. The number of aromatic nitrogens is 2. The molecule has 1 heterocycles. The van der Waals surface area contributed by atoms with Gasteiger partial charge in [0.15, 0.2) is 5.75 Å². The molecule has 0 fully saturated rings. The van der Waals surface area contributed by atoms with Crippen molar-refractivity contribution in [2.45, 2.75) is 6.18 Å². The van der Waals surface area contributed by atoms with Crippen LogP contribution in [0.4, 0.5) is 24.5 Å². The number of alkyl halides is 3. The number of anilines is 2. The van der Waals surface area contributed by atoms with Crippen LogP contribution in [0.2, 0.25) is 5.02 Å². The van der Waals surface area contributed by atoms with Crippen molar-refractivity contribution in [1.82, 2.24) is 9.78 Å². The first-order chi connectivity index (χ1) is 16.9. The van der Waals surface area contributed by atoms with Crippen LogP contribution in [0.15, 0.2) is 42.6 Å². The Morgan fingerprint density at radius 1 is 1.22 bits per heavy atom. The van der Waals surface area contributed by atoms with E-state index in [1.807, 2.05) is 0 Å². The van der Waals surface area contributed by atoms with Gasteiger partial charge in [0.2, 0.25) is 0 Å². The summed E-state index contributed by atoms with van der Waals surface area (Å²) < 4.78 is 50.5. The molecule has 0 aliphatic rings. The second kappa shape index (κ2) is 10.9. The Labute approximate surface area is 209 Å². The number of rotatable bonds is 8. The topological polar surface area (TPSA) is 112 Å². The largest absolute Gasteiger partial charge is 0.492 e. The molecule has 36 heavy (non-hydrogen) atoms. The zero-order chi connectivity index (χ0) is 26.6. The molecule has 0 unspecified atom stereocenters. The molecule has 3 aromatic rings. The molecule has 13 heteroatoms. The number of hydrogen-bond donors (Lipinski definition) is 2. The van der Waals surface area contributed by atoms with Crippen LogP contribution in [-0.4, -0.2) is 55.1 Å². The fourth-order valence-corrected chi connectivity index (χ4v) is 3.58. The Morgan fingerprint density at radius 2 is 1.94 bits per heavy atom. The summed E-state index contributed by atoms with van der Waals surface area (Å²) in [7, 11) is 4.74. The van der Waals surface area contributed by atoms with Gasteiger partial charge in [0, 0.05) is 38.9 Å². The third kappa shape index (κ3) is 5.89. The number of ether oxygens (including phenoxy) is 2. The molecule has 0 saturated heterocycles. The lowest BCUT2D eigenvalue weighted by Crippen LogP contribution is -2.29. The zero-order valence-electron chi connectivity index (χ0n) is 19.5. The maximum absolute atomic E-state index is 13.1. The molecule has 0 aliphatic heterocycles. The van der Waals surface area contributed by atoms with Gasteiger partial charge in [-0.15, -0.1) is 0 Å². The van der Waals surface area contributed by atoms with E-state index >= 15 is 0 Å². The van der Waals surface area contributed by atoms with E-state index < -0.39 is 23.8 Å². The van der Waals surface area contributed by atoms with E-state index in [9.17, 15) is 22.8 Å². The highest BCUT2D eigenvalue weighted by molar-refractivity contribution is 6.33. The number of carbonyl (C=O) groups is 2. The molecule has 0 radical (unpaired) electrons. The lowest BCUT2D eigenvalue weighted by Gasteiger charge is -2.20. The summed E-state index contributed by atoms with van der Waals surface area (Å²) in [6.07, 6.45) is -3.80. The van der Waals surface area contributed by atoms with Crippen LogP contribution >= 0.6 is 11.6 Å². The highest BCUT2D eigenvalue weighted by Crippen LogP contribution is 2.37. The van der Waals surface area contributed by atoms with Crippen molar-refractivity contribution in [2.75, 3.05) is 37.5 Å². The molecular formula is C23H23ClF3N5O4. The predicted molar refractivity (Wildman–Crippen MR) is 129 cm³/mol. The van der Waals surface area contributed by atoms with E-state index in [1.165, 1.54) is 54.1 Å². The molecule has 0 bridgehead atoms. The summed E-state index contributed by atoms with van der Waals surface area (Å²) in [5.74, 6) is -3.35. The normalized spacial score (nSPS) is 11.2. The van der Waals surface area contributed by atoms with Gasteiger partial charge in [-0.2, -0.15) is 18.3 Å². The quantitative estimate of drug-likeness (QED) is 0.339. The van der Waals surface area contributed by atoms with Crippen LogP contribution in [0.5, 0.6) is 11.5 Å². The summed E-state index contributed by atoms with van der Waals surface area (Å²) >= 11 is 6.30. The third-order valence-electron chi connectivity index (χ3n) is 4.91. The van der Waals surface area contributed by atoms with E-state index in [0.29, 0.717) is 22.0 Å². The molecule has 2 aromatic carbocycles. The number of carbonyl (C=O) groups excluding carboxylic acids is 2. The van der Waals surface area contributed by atoms with Crippen LogP contribution in [-0.2, 0) is 11.8 Å². The number of amides is 1. The lowest BCUT2D eigenvalue weighted by atomic mass is 10.1. The molecule has 0 spiro atoms. The molecule has 0 saturated carbocycles. The molecule has 3 rings (SSSR count). The number of hydrogen-bond acceptors (Lipinski definition) is 7. The number of halogens is 4. The predicted octanol–water partition coefficient (Wildman–Crippen LogP) is 3.86. The van der Waals surface area contributed by atoms with Gasteiger partial charge >= 0.3 is 12.1 Å². The van der Waals surface area contributed by atoms with E-state index in [-0.39, 0.29) is 30.1 Å². The van der Waals surface area contributed by atoms with E-state index in [0.717, 1.165) is 0 Å². The summed E-state index contributed by atoms with van der Waals surface area (Å²) in [5.41, 5.74) is 6.65. The smallest absolute Gasteiger partial charge is 0.491 e. The second-order valence-corrected chi connectivity index (χ2v) is 8.11. The number of nitrogens with zero attached hydrogens (tertiary/aromatic N) is 3. The number of esters is 1. The molecule has 192 valence electrons. The average Bonchev–Trinajstić information content (AvgIpc) is 3.15. The molecule has 1 aromatic heterocycles. The Morgan fingerprint density at radius 3 is 2.53 bits per heavy atom. The summed E-state index contributed by atoms with van der Waals surface area (Å²) in [4.78, 5) is 26.1. The van der Waals surface area contributed by atoms with Crippen LogP contribution < -0.4 is 25.4 Å². The molecule has 0 atom stereocenters. The maximum atomic E-state index is 13.1. The van der Waals surface area contributed by atoms with Crippen LogP contribution in [0, 0.1) is 0 Å². The monoisotopic (exact) mass is 525 g/mol. The van der Waals surface area contributed by atoms with Gasteiger partial charge in [0.1, 0.15) is 12.4 Å². The number of aryl methyl sites for hydroxylation is 1. The van der Waals surface area contributed by atoms with Gasteiger partial charge in [-0.25, -0.2) is 4.79 Å². The van der Waals surface area contributed by atoms with E-state index in [1.54, 1.807) is 19.2 Å². The number of nitrogens with one attached hydrogen (secondary N) is 1. The minimum absolute atomic E-state index is 0.105. The fourth-order valence-electron chi connectivity index (χ4n) is 3.31. The third-order valence-corrected chi connectivity index (χ3v) is 5.19. The Bertz CT molecular complexity index is 1260. The van der Waals surface area contributed by atoms with Crippen LogP contribution in [0.3, 0.4) is 0 Å². The van der Waals surface area contributed by atoms with Gasteiger partial charge in [-0.05, 0) is 30.3 Å². The first-order valence-electron chi connectivity index (χ1n) is 10.5. The highest BCUT2D eigenvalue weighted by atomic mass is 35.5. The first-order valence-corrected chi connectivity index (χ1v) is 10.9. The lowest BCUT2D eigenvalue weighted by molar-refractivity contribution is -0.189. The van der Waals surface area contributed by atoms with Crippen LogP contribution in [0.25, 0.3) is 11.3 Å². The Kier molecular flexibility index (Phi) is 8.10. The van der Waals surface area contributed by atoms with Crippen molar-refractivity contribution in [3.63, 3.8) is 0 Å². The number of nitrogens with two attached hydrogens (primary N) is 1. The summed E-state index contributed by atoms with van der Waals surface area (Å²) in [6, 6.07) is 8.82. The van der Waals surface area contributed by atoms with Crippen molar-refractivity contribution in [1.29, 1.82) is 0 Å². The SMILES string of the molecule is CN(C)c1cccc(C(=O)Nc2ccc(OCCN)c(-c3c(Cl)cnn3C)c2)c1OC(=O)C(F)(F)F. The molecule has 3 N–H and O–H groups in total. The van der Waals surface area contributed by atoms with Gasteiger partial charge in [-0.3, -0.25) is 9.48 Å². The van der Waals surface area contributed by atoms with Crippen molar-refractivity contribution in [3.05, 3.63) is 53.2 Å². The van der Waals surface area contributed by atoms with Gasteiger partial charge in [0.25, 0.3) is 5.91 Å². The first kappa shape index (κ1) is 26.8. The molecule has 1 amide bonds. The highest BCUT2D eigenvalue weighted by Gasteiger charge is 2.42. The van der Waals surface area contributed by atoms with Crippen molar-refractivity contribution in [3.8, 4) is 22.8 Å². The summed E-state index contributed by atoms with van der Waals surface area (Å²) in [5, 5.41) is 7.06. The maximum Gasteiger partial charge on any atom is 0.491 e. The Hall–Kier alpha value is -3.77. The summed E-state index contributed by atoms with van der Waals surface area (Å²) in [6.45, 7) is 0.484. The van der Waals surface area contributed by atoms with Gasteiger partial charge in [-0.1, -0.05) is 17.7 Å². The molecular weight excluding hydrogens is 503 g/mol. The minimum Gasteiger partial charge on any atom is -0.492 e. The number of benzene rings is 2. The zero-order valence-corrected chi connectivity index (χ0v) is 20.3. The average molecular weight is 526 g/mol. The van der Waals surface area contributed by atoms with Crippen LogP contribution in [0.1, 0.15) is 10.4 Å². The van der Waals surface area contributed by atoms with E-state index in [4.69, 9.17) is 22.1 Å². The number of para-hydroxylation sites is 1. The fraction of sp³-hybridized carbons (Fsp3) is 0.261. The van der Waals surface area contributed by atoms with E-state index in [2.05, 4.69) is 15.2 Å². The molecule has 9 nitrogen and oxygen atoms in total. The van der Waals surface area contributed by atoms with Gasteiger partial charge in [0.05, 0.1) is 28.2 Å².